The van der Waals surface area contributed by atoms with E-state index in [9.17, 15) is 0 Å². The Balaban J connectivity index is 2.00. The highest BCUT2D eigenvalue weighted by molar-refractivity contribution is 7.99. The van der Waals surface area contributed by atoms with E-state index < -0.39 is 0 Å². The van der Waals surface area contributed by atoms with Crippen LogP contribution in [0.25, 0.3) is 0 Å². The van der Waals surface area contributed by atoms with Gasteiger partial charge in [0.1, 0.15) is 0 Å². The first-order valence-corrected chi connectivity index (χ1v) is 6.48. The molecule has 0 nitrogen and oxygen atoms in total. The lowest BCUT2D eigenvalue weighted by molar-refractivity contribution is 0.00776. The molecule has 12 heavy (non-hydrogen) atoms. The zero-order valence-electron chi connectivity index (χ0n) is 8.31. The monoisotopic (exact) mass is 184 g/mol. The molecule has 1 spiro atoms. The second-order valence-electron chi connectivity index (χ2n) is 4.91. The summed E-state index contributed by atoms with van der Waals surface area (Å²) < 4.78 is 0. The molecule has 70 valence electrons. The summed E-state index contributed by atoms with van der Waals surface area (Å²) in [5, 5.41) is 0. The lowest BCUT2D eigenvalue weighted by Crippen LogP contribution is -2.46. The minimum absolute atomic E-state index is 0.803. The molecule has 0 aromatic heterocycles. The summed E-state index contributed by atoms with van der Waals surface area (Å²) in [4.78, 5) is 0. The lowest BCUT2D eigenvalue weighted by Gasteiger charge is -2.54. The number of hydrogen-bond donors (Lipinski definition) is 0. The van der Waals surface area contributed by atoms with E-state index in [1.807, 2.05) is 0 Å². The minimum Gasteiger partial charge on any atom is -0.161 e. The van der Waals surface area contributed by atoms with Gasteiger partial charge in [0.05, 0.1) is 0 Å². The van der Waals surface area contributed by atoms with E-state index in [-0.39, 0.29) is 0 Å². The summed E-state index contributed by atoms with van der Waals surface area (Å²) in [5.74, 6) is 4.88. The van der Waals surface area contributed by atoms with Gasteiger partial charge in [-0.15, -0.1) is 0 Å². The van der Waals surface area contributed by atoms with E-state index in [2.05, 4.69) is 25.6 Å². The first-order chi connectivity index (χ1) is 5.75. The summed E-state index contributed by atoms with van der Waals surface area (Å²) in [6.45, 7) is 4.82. The summed E-state index contributed by atoms with van der Waals surface area (Å²) in [7, 11) is 0. The maximum Gasteiger partial charge on any atom is -0.000805 e. The fourth-order valence-electron chi connectivity index (χ4n) is 3.12. The van der Waals surface area contributed by atoms with Gasteiger partial charge in [0.2, 0.25) is 0 Å². The smallest absolute Gasteiger partial charge is 0.000805 e. The van der Waals surface area contributed by atoms with Crippen molar-refractivity contribution in [3.05, 3.63) is 0 Å². The zero-order chi connectivity index (χ0) is 8.60. The van der Waals surface area contributed by atoms with Gasteiger partial charge in [-0.3, -0.25) is 0 Å². The number of thioether (sulfide) groups is 1. The molecular weight excluding hydrogens is 164 g/mol. The van der Waals surface area contributed by atoms with Crippen LogP contribution in [0.2, 0.25) is 0 Å². The van der Waals surface area contributed by atoms with Crippen molar-refractivity contribution < 1.29 is 0 Å². The van der Waals surface area contributed by atoms with Crippen LogP contribution in [0.3, 0.4) is 0 Å². The normalized spacial score (nSPS) is 41.8. The predicted molar refractivity (Wildman–Crippen MR) is 56.6 cm³/mol. The molecular formula is C11H20S. The summed E-state index contributed by atoms with van der Waals surface area (Å²) in [6, 6.07) is 0. The van der Waals surface area contributed by atoms with Gasteiger partial charge in [0.25, 0.3) is 0 Å². The molecule has 1 aliphatic carbocycles. The van der Waals surface area contributed by atoms with Crippen LogP contribution in [0.5, 0.6) is 0 Å². The van der Waals surface area contributed by atoms with Gasteiger partial charge in [-0.2, -0.15) is 11.8 Å². The van der Waals surface area contributed by atoms with Crippen molar-refractivity contribution in [3.8, 4) is 0 Å². The first-order valence-electron chi connectivity index (χ1n) is 5.32. The molecule has 2 atom stereocenters. The Kier molecular flexibility index (Phi) is 2.42. The molecule has 1 saturated carbocycles. The molecule has 2 rings (SSSR count). The van der Waals surface area contributed by atoms with Crippen molar-refractivity contribution in [3.63, 3.8) is 0 Å². The Labute approximate surface area is 80.5 Å². The molecule has 1 saturated heterocycles. The van der Waals surface area contributed by atoms with Crippen molar-refractivity contribution >= 4 is 11.8 Å². The Morgan fingerprint density at radius 3 is 2.58 bits per heavy atom. The molecule has 1 aliphatic heterocycles. The van der Waals surface area contributed by atoms with Gasteiger partial charge in [0.15, 0.2) is 0 Å². The van der Waals surface area contributed by atoms with E-state index in [1.165, 1.54) is 37.2 Å². The molecule has 2 unspecified atom stereocenters. The van der Waals surface area contributed by atoms with E-state index in [1.54, 1.807) is 0 Å². The fourth-order valence-corrected chi connectivity index (χ4v) is 4.53. The van der Waals surface area contributed by atoms with Gasteiger partial charge < -0.3 is 0 Å². The molecule has 2 fully saturated rings. The second kappa shape index (κ2) is 3.25. The van der Waals surface area contributed by atoms with Crippen molar-refractivity contribution in [1.29, 1.82) is 0 Å². The van der Waals surface area contributed by atoms with Crippen molar-refractivity contribution in [2.24, 2.45) is 17.3 Å². The van der Waals surface area contributed by atoms with Crippen LogP contribution in [0.4, 0.5) is 0 Å². The molecule has 0 N–H and O–H groups in total. The maximum absolute atomic E-state index is 2.41. The van der Waals surface area contributed by atoms with Crippen molar-refractivity contribution in [2.45, 2.75) is 39.5 Å². The molecule has 0 bridgehead atoms. The number of hydrogen-bond acceptors (Lipinski definition) is 1. The third kappa shape index (κ3) is 1.30. The third-order valence-electron chi connectivity index (χ3n) is 3.90. The molecule has 0 radical (unpaired) electrons. The topological polar surface area (TPSA) is 0 Å². The second-order valence-corrected chi connectivity index (χ2v) is 6.01. The Morgan fingerprint density at radius 2 is 2.17 bits per heavy atom. The highest BCUT2D eigenvalue weighted by Crippen LogP contribution is 2.56. The SMILES string of the molecule is CC(C)C1CCC12CCCSC2. The van der Waals surface area contributed by atoms with E-state index in [0.717, 1.165) is 17.3 Å². The lowest BCUT2D eigenvalue weighted by atomic mass is 9.55. The van der Waals surface area contributed by atoms with E-state index in [0.29, 0.717) is 0 Å². The van der Waals surface area contributed by atoms with Gasteiger partial charge in [0, 0.05) is 0 Å². The highest BCUT2D eigenvalue weighted by atomic mass is 32.2. The predicted octanol–water partition coefficient (Wildman–Crippen LogP) is 3.57. The van der Waals surface area contributed by atoms with E-state index in [4.69, 9.17) is 0 Å². The Bertz CT molecular complexity index is 156. The summed E-state index contributed by atoms with van der Waals surface area (Å²) >= 11 is 2.20. The number of rotatable bonds is 1. The van der Waals surface area contributed by atoms with Crippen LogP contribution >= 0.6 is 11.8 Å². The van der Waals surface area contributed by atoms with Gasteiger partial charge >= 0.3 is 0 Å². The Morgan fingerprint density at radius 1 is 1.33 bits per heavy atom. The Hall–Kier alpha value is 0.350. The maximum atomic E-state index is 2.41. The molecule has 0 aromatic rings. The van der Waals surface area contributed by atoms with Crippen LogP contribution < -0.4 is 0 Å². The fraction of sp³-hybridized carbons (Fsp3) is 1.00. The van der Waals surface area contributed by atoms with Crippen LogP contribution in [0.15, 0.2) is 0 Å². The van der Waals surface area contributed by atoms with Crippen molar-refractivity contribution in [2.75, 3.05) is 11.5 Å². The summed E-state index contributed by atoms with van der Waals surface area (Å²) in [5.41, 5.74) is 0.803. The molecule has 0 aromatic carbocycles. The zero-order valence-corrected chi connectivity index (χ0v) is 9.12. The molecule has 0 amide bonds. The highest BCUT2D eigenvalue weighted by Gasteiger charge is 2.47. The largest absolute Gasteiger partial charge is 0.161 e. The standard InChI is InChI=1S/C11H20S/c1-9(2)10-4-6-11(10)5-3-7-12-8-11/h9-10H,3-8H2,1-2H3. The summed E-state index contributed by atoms with van der Waals surface area (Å²) in [6.07, 6.45) is 6.05. The van der Waals surface area contributed by atoms with Crippen LogP contribution in [0, 0.1) is 17.3 Å². The van der Waals surface area contributed by atoms with Gasteiger partial charge in [-0.1, -0.05) is 13.8 Å². The molecule has 1 heterocycles. The minimum atomic E-state index is 0.803. The van der Waals surface area contributed by atoms with Gasteiger partial charge in [-0.25, -0.2) is 0 Å². The van der Waals surface area contributed by atoms with Gasteiger partial charge in [-0.05, 0) is 54.4 Å². The first kappa shape index (κ1) is 8.93. The van der Waals surface area contributed by atoms with E-state index >= 15 is 0 Å². The quantitative estimate of drug-likeness (QED) is 0.600. The average Bonchev–Trinajstić information content (AvgIpc) is 2.03. The van der Waals surface area contributed by atoms with Crippen molar-refractivity contribution in [1.82, 2.24) is 0 Å². The van der Waals surface area contributed by atoms with Crippen LogP contribution in [0.1, 0.15) is 39.5 Å². The van der Waals surface area contributed by atoms with Crippen LogP contribution in [-0.2, 0) is 0 Å². The van der Waals surface area contributed by atoms with Crippen LogP contribution in [-0.4, -0.2) is 11.5 Å². The third-order valence-corrected chi connectivity index (χ3v) is 5.25. The average molecular weight is 184 g/mol. The molecule has 2 aliphatic rings. The molecule has 1 heteroatoms.